The molecule has 1 saturated heterocycles. The summed E-state index contributed by atoms with van der Waals surface area (Å²) in [5, 5.41) is 4.29. The van der Waals surface area contributed by atoms with Crippen molar-refractivity contribution in [3.8, 4) is 0 Å². The van der Waals surface area contributed by atoms with Crippen LogP contribution in [-0.2, 0) is 13.1 Å². The summed E-state index contributed by atoms with van der Waals surface area (Å²) in [5.74, 6) is 0. The molecule has 0 N–H and O–H groups in total. The predicted octanol–water partition coefficient (Wildman–Crippen LogP) is 0.468. The number of nitrogens with zero attached hydrogens (tertiary/aromatic N) is 6. The van der Waals surface area contributed by atoms with Crippen molar-refractivity contribution >= 4 is 0 Å². The van der Waals surface area contributed by atoms with Crippen molar-refractivity contribution in [1.82, 2.24) is 29.5 Å². The van der Waals surface area contributed by atoms with Gasteiger partial charge in [0.2, 0.25) is 0 Å². The van der Waals surface area contributed by atoms with Gasteiger partial charge in [-0.3, -0.25) is 24.6 Å². The van der Waals surface area contributed by atoms with Crippen LogP contribution in [0.3, 0.4) is 0 Å². The number of aromatic nitrogens is 4. The zero-order valence-electron chi connectivity index (χ0n) is 14.4. The minimum atomic E-state index is -0.0302. The molecule has 0 aliphatic carbocycles. The smallest absolute Gasteiger partial charge is 0.266 e. The largest absolute Gasteiger partial charge is 0.299 e. The molecule has 0 unspecified atom stereocenters. The van der Waals surface area contributed by atoms with Crippen LogP contribution in [0.25, 0.3) is 0 Å². The predicted molar refractivity (Wildman–Crippen MR) is 91.7 cm³/mol. The van der Waals surface area contributed by atoms with Crippen LogP contribution in [0.4, 0.5) is 0 Å². The minimum Gasteiger partial charge on any atom is -0.299 e. The van der Waals surface area contributed by atoms with Crippen LogP contribution >= 0.6 is 0 Å². The molecule has 24 heavy (non-hydrogen) atoms. The molecule has 0 saturated carbocycles. The third-order valence-electron chi connectivity index (χ3n) is 4.45. The molecular formula is C17H24N6O. The van der Waals surface area contributed by atoms with E-state index >= 15 is 0 Å². The maximum Gasteiger partial charge on any atom is 0.266 e. The molecule has 3 heterocycles. The number of rotatable bonds is 5. The number of hydrogen-bond acceptors (Lipinski definition) is 6. The van der Waals surface area contributed by atoms with Crippen LogP contribution in [0.1, 0.15) is 17.1 Å². The molecular weight excluding hydrogens is 304 g/mol. The van der Waals surface area contributed by atoms with E-state index in [2.05, 4.69) is 24.9 Å². The molecule has 0 aromatic carbocycles. The lowest BCUT2D eigenvalue weighted by atomic mass is 10.2. The summed E-state index contributed by atoms with van der Waals surface area (Å²) in [5.41, 5.74) is 2.91. The fraction of sp³-hybridized carbons (Fsp3) is 0.529. The molecule has 1 aliphatic heterocycles. The van der Waals surface area contributed by atoms with Crippen molar-refractivity contribution in [2.24, 2.45) is 0 Å². The Morgan fingerprint density at radius 2 is 1.67 bits per heavy atom. The molecule has 0 spiro atoms. The molecule has 1 aliphatic rings. The standard InChI is InChI=1S/C17H24N6O/c1-14-3-4-17(24)23(20-14)12-11-21-7-9-22(10-8-21)13-16-15(2)18-5-6-19-16/h3-6H,7-13H2,1-2H3. The van der Waals surface area contributed by atoms with E-state index in [0.717, 1.165) is 56.4 Å². The Labute approximate surface area is 142 Å². The summed E-state index contributed by atoms with van der Waals surface area (Å²) < 4.78 is 1.56. The third-order valence-corrected chi connectivity index (χ3v) is 4.45. The van der Waals surface area contributed by atoms with Gasteiger partial charge in [0.15, 0.2) is 0 Å². The highest BCUT2D eigenvalue weighted by atomic mass is 16.1. The molecule has 0 radical (unpaired) electrons. The molecule has 7 heteroatoms. The monoisotopic (exact) mass is 328 g/mol. The summed E-state index contributed by atoms with van der Waals surface area (Å²) in [4.78, 5) is 25.3. The SMILES string of the molecule is Cc1ccc(=O)n(CCN2CCN(Cc3nccnc3C)CC2)n1. The quantitative estimate of drug-likeness (QED) is 0.795. The first-order valence-corrected chi connectivity index (χ1v) is 8.38. The molecule has 0 amide bonds. The van der Waals surface area contributed by atoms with Gasteiger partial charge < -0.3 is 0 Å². The zero-order chi connectivity index (χ0) is 16.9. The van der Waals surface area contributed by atoms with Gasteiger partial charge in [0.1, 0.15) is 0 Å². The van der Waals surface area contributed by atoms with Gasteiger partial charge in [-0.05, 0) is 19.9 Å². The number of hydrogen-bond donors (Lipinski definition) is 0. The third kappa shape index (κ3) is 4.24. The Morgan fingerprint density at radius 3 is 2.42 bits per heavy atom. The summed E-state index contributed by atoms with van der Waals surface area (Å²) in [7, 11) is 0. The summed E-state index contributed by atoms with van der Waals surface area (Å²) in [6, 6.07) is 3.34. The average Bonchev–Trinajstić information content (AvgIpc) is 2.59. The Morgan fingerprint density at radius 1 is 0.958 bits per heavy atom. The van der Waals surface area contributed by atoms with Gasteiger partial charge in [0.05, 0.1) is 23.6 Å². The van der Waals surface area contributed by atoms with E-state index < -0.39 is 0 Å². The normalized spacial score (nSPS) is 16.4. The van der Waals surface area contributed by atoms with E-state index in [9.17, 15) is 4.79 Å². The first kappa shape index (κ1) is 16.7. The summed E-state index contributed by atoms with van der Waals surface area (Å²) >= 11 is 0. The lowest BCUT2D eigenvalue weighted by Crippen LogP contribution is -2.47. The van der Waals surface area contributed by atoms with Gasteiger partial charge in [-0.2, -0.15) is 5.10 Å². The molecule has 3 rings (SSSR count). The summed E-state index contributed by atoms with van der Waals surface area (Å²) in [6.45, 7) is 10.3. The first-order valence-electron chi connectivity index (χ1n) is 8.38. The molecule has 2 aromatic rings. The Bertz CT molecular complexity index is 736. The van der Waals surface area contributed by atoms with E-state index in [1.54, 1.807) is 29.2 Å². The molecule has 0 atom stereocenters. The van der Waals surface area contributed by atoms with Gasteiger partial charge in [0, 0.05) is 57.7 Å². The molecule has 1 fully saturated rings. The maximum absolute atomic E-state index is 11.8. The van der Waals surface area contributed by atoms with Crippen LogP contribution in [0.5, 0.6) is 0 Å². The number of piperazine rings is 1. The van der Waals surface area contributed by atoms with E-state index in [0.29, 0.717) is 6.54 Å². The van der Waals surface area contributed by atoms with Crippen molar-refractivity contribution in [2.75, 3.05) is 32.7 Å². The fourth-order valence-corrected chi connectivity index (χ4v) is 2.92. The van der Waals surface area contributed by atoms with Crippen LogP contribution in [-0.4, -0.2) is 62.3 Å². The highest BCUT2D eigenvalue weighted by Crippen LogP contribution is 2.08. The minimum absolute atomic E-state index is 0.0302. The maximum atomic E-state index is 11.8. The number of aryl methyl sites for hydroxylation is 2. The van der Waals surface area contributed by atoms with E-state index in [1.165, 1.54) is 0 Å². The zero-order valence-corrected chi connectivity index (χ0v) is 14.4. The second-order valence-corrected chi connectivity index (χ2v) is 6.24. The average molecular weight is 328 g/mol. The van der Waals surface area contributed by atoms with Crippen LogP contribution in [0, 0.1) is 13.8 Å². The van der Waals surface area contributed by atoms with Crippen LogP contribution in [0.15, 0.2) is 29.3 Å². The second-order valence-electron chi connectivity index (χ2n) is 6.24. The van der Waals surface area contributed by atoms with Crippen LogP contribution < -0.4 is 5.56 Å². The van der Waals surface area contributed by atoms with Crippen molar-refractivity contribution in [3.05, 3.63) is 52.0 Å². The van der Waals surface area contributed by atoms with Gasteiger partial charge in [-0.25, -0.2) is 4.68 Å². The van der Waals surface area contributed by atoms with E-state index in [4.69, 9.17) is 0 Å². The lowest BCUT2D eigenvalue weighted by molar-refractivity contribution is 0.121. The molecule has 0 bridgehead atoms. The fourth-order valence-electron chi connectivity index (χ4n) is 2.92. The second kappa shape index (κ2) is 7.63. The lowest BCUT2D eigenvalue weighted by Gasteiger charge is -2.34. The molecule has 7 nitrogen and oxygen atoms in total. The van der Waals surface area contributed by atoms with E-state index in [-0.39, 0.29) is 5.56 Å². The Balaban J connectivity index is 1.48. The van der Waals surface area contributed by atoms with Gasteiger partial charge >= 0.3 is 0 Å². The van der Waals surface area contributed by atoms with Gasteiger partial charge in [-0.15, -0.1) is 0 Å². The highest BCUT2D eigenvalue weighted by molar-refractivity contribution is 5.08. The molecule has 128 valence electrons. The van der Waals surface area contributed by atoms with Crippen LogP contribution in [0.2, 0.25) is 0 Å². The Kier molecular flexibility index (Phi) is 5.32. The van der Waals surface area contributed by atoms with Crippen molar-refractivity contribution in [2.45, 2.75) is 26.9 Å². The van der Waals surface area contributed by atoms with Crippen molar-refractivity contribution in [1.29, 1.82) is 0 Å². The molecule has 2 aromatic heterocycles. The first-order chi connectivity index (χ1) is 11.6. The Hall–Kier alpha value is -2.12. The van der Waals surface area contributed by atoms with E-state index in [1.807, 2.05) is 13.8 Å². The van der Waals surface area contributed by atoms with Gasteiger partial charge in [-0.1, -0.05) is 0 Å². The summed E-state index contributed by atoms with van der Waals surface area (Å²) in [6.07, 6.45) is 3.49. The van der Waals surface area contributed by atoms with Gasteiger partial charge in [0.25, 0.3) is 5.56 Å². The van der Waals surface area contributed by atoms with Crippen molar-refractivity contribution in [3.63, 3.8) is 0 Å². The van der Waals surface area contributed by atoms with Crippen molar-refractivity contribution < 1.29 is 0 Å². The highest BCUT2D eigenvalue weighted by Gasteiger charge is 2.18. The topological polar surface area (TPSA) is 67.2 Å².